The molecule has 0 aliphatic carbocycles. The molecule has 0 N–H and O–H groups in total. The van der Waals surface area contributed by atoms with Gasteiger partial charge in [-0.3, -0.25) is 0 Å². The van der Waals surface area contributed by atoms with Crippen LogP contribution in [0, 0.1) is 5.82 Å². The molecule has 1 heterocycles. The summed E-state index contributed by atoms with van der Waals surface area (Å²) in [6, 6.07) is 2.78. The van der Waals surface area contributed by atoms with Crippen LogP contribution in [-0.4, -0.2) is 4.98 Å². The molecule has 0 radical (unpaired) electrons. The van der Waals surface area contributed by atoms with Crippen LogP contribution in [0.3, 0.4) is 0 Å². The van der Waals surface area contributed by atoms with Gasteiger partial charge < -0.3 is 0 Å². The van der Waals surface area contributed by atoms with Crippen LogP contribution >= 0.6 is 0 Å². The molecule has 0 spiro atoms. The number of aromatic nitrogens is 1. The highest BCUT2D eigenvalue weighted by atomic mass is 19.4. The summed E-state index contributed by atoms with van der Waals surface area (Å²) in [5, 5.41) is -0.321. The number of fused-ring (bicyclic) bond motifs is 1. The molecule has 18 heavy (non-hydrogen) atoms. The number of alkyl halides is 5. The van der Waals surface area contributed by atoms with Crippen molar-refractivity contribution in [2.45, 2.75) is 12.6 Å². The molecule has 2 aromatic rings. The summed E-state index contributed by atoms with van der Waals surface area (Å²) < 4.78 is 75.6. The van der Waals surface area contributed by atoms with Crippen molar-refractivity contribution >= 4 is 10.9 Å². The summed E-state index contributed by atoms with van der Waals surface area (Å²) in [4.78, 5) is 3.21. The highest BCUT2D eigenvalue weighted by Gasteiger charge is 2.34. The van der Waals surface area contributed by atoms with E-state index in [0.717, 1.165) is 18.2 Å². The average Bonchev–Trinajstić information content (AvgIpc) is 2.25. The van der Waals surface area contributed by atoms with Crippen molar-refractivity contribution in [3.63, 3.8) is 0 Å². The first-order chi connectivity index (χ1) is 8.29. The van der Waals surface area contributed by atoms with Crippen molar-refractivity contribution in [3.8, 4) is 0 Å². The van der Waals surface area contributed by atoms with Gasteiger partial charge in [0.25, 0.3) is 6.43 Å². The van der Waals surface area contributed by atoms with Gasteiger partial charge in [0.15, 0.2) is 0 Å². The zero-order chi connectivity index (χ0) is 13.5. The van der Waals surface area contributed by atoms with E-state index in [1.807, 2.05) is 0 Å². The van der Waals surface area contributed by atoms with Gasteiger partial charge >= 0.3 is 6.18 Å². The molecule has 0 unspecified atom stereocenters. The standard InChI is InChI=1S/C11H5F6N/c12-5-1-2-8-6(3-5)7(10(13)14)4-9(18-8)11(15,16)17/h1-4,10H. The number of hydrogen-bond acceptors (Lipinski definition) is 1. The Morgan fingerprint density at radius 1 is 1.06 bits per heavy atom. The van der Waals surface area contributed by atoms with Crippen LogP contribution in [0.15, 0.2) is 24.3 Å². The Labute approximate surface area is 97.1 Å². The predicted molar refractivity (Wildman–Crippen MR) is 51.7 cm³/mol. The number of nitrogens with zero attached hydrogens (tertiary/aromatic N) is 1. The van der Waals surface area contributed by atoms with E-state index in [9.17, 15) is 26.3 Å². The van der Waals surface area contributed by atoms with Crippen molar-refractivity contribution in [3.05, 3.63) is 41.3 Å². The minimum Gasteiger partial charge on any atom is -0.243 e. The molecule has 1 aromatic heterocycles. The quantitative estimate of drug-likeness (QED) is 0.699. The minimum absolute atomic E-state index is 0.242. The van der Waals surface area contributed by atoms with Gasteiger partial charge in [0.05, 0.1) is 5.52 Å². The molecule has 1 aromatic carbocycles. The summed E-state index contributed by atoms with van der Waals surface area (Å²) >= 11 is 0. The zero-order valence-corrected chi connectivity index (χ0v) is 8.60. The van der Waals surface area contributed by atoms with Crippen molar-refractivity contribution in [2.75, 3.05) is 0 Å². The molecule has 0 aliphatic heterocycles. The van der Waals surface area contributed by atoms with E-state index in [-0.39, 0.29) is 17.0 Å². The molecule has 0 aliphatic rings. The largest absolute Gasteiger partial charge is 0.433 e. The highest BCUT2D eigenvalue weighted by molar-refractivity contribution is 5.82. The number of hydrogen-bond donors (Lipinski definition) is 0. The lowest BCUT2D eigenvalue weighted by molar-refractivity contribution is -0.141. The van der Waals surface area contributed by atoms with Crippen molar-refractivity contribution in [1.82, 2.24) is 4.98 Å². The van der Waals surface area contributed by atoms with Crippen LogP contribution in [0.5, 0.6) is 0 Å². The number of rotatable bonds is 1. The number of pyridine rings is 1. The van der Waals surface area contributed by atoms with E-state index < -0.39 is 29.7 Å². The molecule has 0 saturated carbocycles. The topological polar surface area (TPSA) is 12.9 Å². The molecule has 2 rings (SSSR count). The Hall–Kier alpha value is -1.79. The van der Waals surface area contributed by atoms with Gasteiger partial charge in [-0.1, -0.05) is 0 Å². The third kappa shape index (κ3) is 2.25. The molecular formula is C11H5F6N. The van der Waals surface area contributed by atoms with Gasteiger partial charge in [0.2, 0.25) is 0 Å². The summed E-state index contributed by atoms with van der Waals surface area (Å²) in [6.45, 7) is 0. The fourth-order valence-electron chi connectivity index (χ4n) is 1.55. The van der Waals surface area contributed by atoms with E-state index in [2.05, 4.69) is 4.98 Å². The molecule has 0 bridgehead atoms. The molecule has 7 heteroatoms. The molecule has 0 fully saturated rings. The van der Waals surface area contributed by atoms with Gasteiger partial charge in [0, 0.05) is 10.9 Å². The Bertz CT molecular complexity index is 590. The number of halogens is 6. The second-order valence-corrected chi connectivity index (χ2v) is 3.56. The van der Waals surface area contributed by atoms with E-state index in [0.29, 0.717) is 0 Å². The fourth-order valence-corrected chi connectivity index (χ4v) is 1.55. The maximum absolute atomic E-state index is 12.9. The first kappa shape index (κ1) is 12.7. The molecule has 0 amide bonds. The SMILES string of the molecule is Fc1ccc2nc(C(F)(F)F)cc(C(F)F)c2c1. The van der Waals surface area contributed by atoms with E-state index >= 15 is 0 Å². The average molecular weight is 265 g/mol. The molecular weight excluding hydrogens is 260 g/mol. The van der Waals surface area contributed by atoms with Crippen molar-refractivity contribution in [2.24, 2.45) is 0 Å². The predicted octanol–water partition coefficient (Wildman–Crippen LogP) is 4.33. The van der Waals surface area contributed by atoms with Crippen LogP contribution in [0.2, 0.25) is 0 Å². The Morgan fingerprint density at radius 3 is 2.28 bits per heavy atom. The number of benzene rings is 1. The molecule has 0 atom stereocenters. The summed E-state index contributed by atoms with van der Waals surface area (Å²) in [6.07, 6.45) is -7.97. The monoisotopic (exact) mass is 265 g/mol. The van der Waals surface area contributed by atoms with Gasteiger partial charge in [-0.15, -0.1) is 0 Å². The zero-order valence-electron chi connectivity index (χ0n) is 8.60. The van der Waals surface area contributed by atoms with Crippen LogP contribution in [0.1, 0.15) is 17.7 Å². The summed E-state index contributed by atoms with van der Waals surface area (Å²) in [5.41, 5.74) is -2.62. The molecule has 0 saturated heterocycles. The Balaban J connectivity index is 2.79. The smallest absolute Gasteiger partial charge is 0.243 e. The second-order valence-electron chi connectivity index (χ2n) is 3.56. The first-order valence-electron chi connectivity index (χ1n) is 4.74. The summed E-state index contributed by atoms with van der Waals surface area (Å²) in [5.74, 6) is -0.814. The third-order valence-electron chi connectivity index (χ3n) is 2.33. The van der Waals surface area contributed by atoms with Gasteiger partial charge in [-0.2, -0.15) is 13.2 Å². The maximum Gasteiger partial charge on any atom is 0.433 e. The molecule has 1 nitrogen and oxygen atoms in total. The first-order valence-corrected chi connectivity index (χ1v) is 4.74. The minimum atomic E-state index is -4.83. The van der Waals surface area contributed by atoms with E-state index in [1.165, 1.54) is 0 Å². The lowest BCUT2D eigenvalue weighted by atomic mass is 10.1. The fraction of sp³-hybridized carbons (Fsp3) is 0.182. The van der Waals surface area contributed by atoms with Gasteiger partial charge in [-0.25, -0.2) is 18.2 Å². The lowest BCUT2D eigenvalue weighted by Crippen LogP contribution is -2.09. The van der Waals surface area contributed by atoms with Crippen LogP contribution < -0.4 is 0 Å². The normalized spacial score (nSPS) is 12.4. The third-order valence-corrected chi connectivity index (χ3v) is 2.33. The lowest BCUT2D eigenvalue weighted by Gasteiger charge is -2.11. The highest BCUT2D eigenvalue weighted by Crippen LogP contribution is 2.34. The Kier molecular flexibility index (Phi) is 2.92. The Morgan fingerprint density at radius 2 is 1.72 bits per heavy atom. The van der Waals surface area contributed by atoms with E-state index in [1.54, 1.807) is 0 Å². The molecule has 96 valence electrons. The van der Waals surface area contributed by atoms with Crippen LogP contribution in [0.4, 0.5) is 26.3 Å². The van der Waals surface area contributed by atoms with Gasteiger partial charge in [-0.05, 0) is 24.3 Å². The van der Waals surface area contributed by atoms with Crippen LogP contribution in [0.25, 0.3) is 10.9 Å². The van der Waals surface area contributed by atoms with Crippen LogP contribution in [-0.2, 0) is 6.18 Å². The van der Waals surface area contributed by atoms with E-state index in [4.69, 9.17) is 0 Å². The maximum atomic E-state index is 12.9. The van der Waals surface area contributed by atoms with Crippen molar-refractivity contribution in [1.29, 1.82) is 0 Å². The van der Waals surface area contributed by atoms with Crippen molar-refractivity contribution < 1.29 is 26.3 Å². The van der Waals surface area contributed by atoms with Gasteiger partial charge in [0.1, 0.15) is 11.5 Å². The summed E-state index contributed by atoms with van der Waals surface area (Å²) in [7, 11) is 0. The second kappa shape index (κ2) is 4.15.